The molecule has 1 aliphatic heterocycles. The number of rotatable bonds is 11. The molecule has 4 rings (SSSR count). The molecule has 0 aliphatic carbocycles. The van der Waals surface area contributed by atoms with E-state index in [-0.39, 0.29) is 13.0 Å². The molecule has 3 N–H and O–H groups in total. The van der Waals surface area contributed by atoms with Crippen LogP contribution < -0.4 is 5.32 Å². The van der Waals surface area contributed by atoms with Gasteiger partial charge in [0.25, 0.3) is 5.91 Å². The van der Waals surface area contributed by atoms with Gasteiger partial charge in [-0.3, -0.25) is 19.4 Å². The summed E-state index contributed by atoms with van der Waals surface area (Å²) in [5, 5.41) is 13.7. The van der Waals surface area contributed by atoms with Gasteiger partial charge in [-0.15, -0.1) is 0 Å². The highest BCUT2D eigenvalue weighted by atomic mass is 32.2. The third-order valence-electron chi connectivity index (χ3n) is 6.68. The second-order valence-electron chi connectivity index (χ2n) is 8.99. The molecule has 1 aliphatic rings. The Kier molecular flexibility index (Phi) is 7.82. The molecule has 37 heavy (non-hydrogen) atoms. The molecule has 2 heterocycles. The lowest BCUT2D eigenvalue weighted by Gasteiger charge is -2.33. The molecule has 1 saturated heterocycles. The number of carbonyl (C=O) groups is 4. The standard InChI is InChI=1S/C26H29N5O5S/c1-26(20-9-5-7-17-6-3-4-8-19(17)20)24(35)30(12-10-18-14-27-16-28-18)25(36)31(26)15-22(32)29-21(23(33)34)11-13-37-2/h3-9,14,16,21H,10-13,15H2,1-2H3,(H,27,28)(H,29,32)(H,33,34)/t21-,26?/m0/s1. The van der Waals surface area contributed by atoms with Crippen LogP contribution >= 0.6 is 11.8 Å². The summed E-state index contributed by atoms with van der Waals surface area (Å²) >= 11 is 1.47. The molecule has 0 bridgehead atoms. The van der Waals surface area contributed by atoms with Crippen molar-refractivity contribution in [1.29, 1.82) is 0 Å². The summed E-state index contributed by atoms with van der Waals surface area (Å²) in [6.07, 6.45) is 5.62. The molecule has 0 spiro atoms. The summed E-state index contributed by atoms with van der Waals surface area (Å²) in [4.78, 5) is 61.6. The lowest BCUT2D eigenvalue weighted by molar-refractivity contribution is -0.142. The van der Waals surface area contributed by atoms with Crippen LogP contribution in [0.3, 0.4) is 0 Å². The second kappa shape index (κ2) is 11.0. The number of carboxylic acid groups (broad SMARTS) is 1. The normalized spacial score (nSPS) is 18.4. The molecule has 1 aromatic heterocycles. The van der Waals surface area contributed by atoms with Crippen molar-refractivity contribution in [2.75, 3.05) is 25.1 Å². The molecule has 1 fully saturated rings. The Hall–Kier alpha value is -3.86. The van der Waals surface area contributed by atoms with Gasteiger partial charge in [-0.2, -0.15) is 11.8 Å². The highest BCUT2D eigenvalue weighted by Crippen LogP contribution is 2.40. The Balaban J connectivity index is 1.69. The van der Waals surface area contributed by atoms with Gasteiger partial charge in [0.1, 0.15) is 18.1 Å². The molecule has 10 nitrogen and oxygen atoms in total. The van der Waals surface area contributed by atoms with Crippen molar-refractivity contribution in [2.45, 2.75) is 31.3 Å². The van der Waals surface area contributed by atoms with Crippen LogP contribution in [-0.2, 0) is 26.3 Å². The molecule has 2 atom stereocenters. The van der Waals surface area contributed by atoms with Crippen LogP contribution in [-0.4, -0.2) is 79.8 Å². The number of amides is 4. The average molecular weight is 524 g/mol. The predicted molar refractivity (Wildman–Crippen MR) is 140 cm³/mol. The lowest BCUT2D eigenvalue weighted by atomic mass is 9.86. The first-order valence-corrected chi connectivity index (χ1v) is 13.3. The molecular formula is C26H29N5O5S. The minimum atomic E-state index is -1.47. The van der Waals surface area contributed by atoms with E-state index in [0.29, 0.717) is 17.7 Å². The maximum atomic E-state index is 13.9. The van der Waals surface area contributed by atoms with Gasteiger partial charge in [0, 0.05) is 24.9 Å². The summed E-state index contributed by atoms with van der Waals surface area (Å²) < 4.78 is 0. The van der Waals surface area contributed by atoms with Gasteiger partial charge in [0.15, 0.2) is 0 Å². The number of imidazole rings is 1. The number of imide groups is 1. The molecule has 194 valence electrons. The number of aromatic amines is 1. The Morgan fingerprint density at radius 3 is 2.65 bits per heavy atom. The molecule has 0 radical (unpaired) electrons. The largest absolute Gasteiger partial charge is 0.480 e. The van der Waals surface area contributed by atoms with Gasteiger partial charge < -0.3 is 15.4 Å². The summed E-state index contributed by atoms with van der Waals surface area (Å²) in [7, 11) is 0. The van der Waals surface area contributed by atoms with E-state index in [4.69, 9.17) is 0 Å². The molecule has 1 unspecified atom stereocenters. The van der Waals surface area contributed by atoms with Crippen molar-refractivity contribution >= 4 is 46.3 Å². The first-order valence-electron chi connectivity index (χ1n) is 11.9. The van der Waals surface area contributed by atoms with Crippen molar-refractivity contribution in [3.8, 4) is 0 Å². The van der Waals surface area contributed by atoms with Crippen molar-refractivity contribution < 1.29 is 24.3 Å². The first kappa shape index (κ1) is 26.2. The second-order valence-corrected chi connectivity index (χ2v) is 9.98. The van der Waals surface area contributed by atoms with Crippen molar-refractivity contribution in [3.63, 3.8) is 0 Å². The van der Waals surface area contributed by atoms with Crippen LogP contribution in [0.2, 0.25) is 0 Å². The van der Waals surface area contributed by atoms with Gasteiger partial charge in [-0.1, -0.05) is 42.5 Å². The van der Waals surface area contributed by atoms with Gasteiger partial charge in [-0.25, -0.2) is 14.6 Å². The predicted octanol–water partition coefficient (Wildman–Crippen LogP) is 2.61. The third kappa shape index (κ3) is 5.17. The Morgan fingerprint density at radius 2 is 1.95 bits per heavy atom. The highest BCUT2D eigenvalue weighted by Gasteiger charge is 2.56. The maximum absolute atomic E-state index is 13.9. The van der Waals surface area contributed by atoms with E-state index in [1.807, 2.05) is 42.7 Å². The molecule has 11 heteroatoms. The SMILES string of the molecule is CSCC[C@H](NC(=O)CN1C(=O)N(CCc2cnc[nH]2)C(=O)C1(C)c1cccc2ccccc12)C(=O)O. The van der Waals surface area contributed by atoms with Crippen LogP contribution in [0.15, 0.2) is 55.0 Å². The van der Waals surface area contributed by atoms with E-state index < -0.39 is 41.9 Å². The number of benzene rings is 2. The minimum absolute atomic E-state index is 0.101. The molecule has 3 aromatic rings. The first-order chi connectivity index (χ1) is 17.8. The molecule has 0 saturated carbocycles. The minimum Gasteiger partial charge on any atom is -0.480 e. The van der Waals surface area contributed by atoms with E-state index in [1.54, 1.807) is 19.2 Å². The average Bonchev–Trinajstić information content (AvgIpc) is 3.47. The number of hydrogen-bond acceptors (Lipinski definition) is 6. The van der Waals surface area contributed by atoms with Crippen molar-refractivity contribution in [1.82, 2.24) is 25.1 Å². The quantitative estimate of drug-likeness (QED) is 0.329. The number of nitrogens with zero attached hydrogens (tertiary/aromatic N) is 3. The number of fused-ring (bicyclic) bond motifs is 1. The molecule has 2 aromatic carbocycles. The van der Waals surface area contributed by atoms with Crippen molar-refractivity contribution in [2.24, 2.45) is 0 Å². The van der Waals surface area contributed by atoms with E-state index in [2.05, 4.69) is 15.3 Å². The number of aromatic nitrogens is 2. The van der Waals surface area contributed by atoms with Gasteiger partial charge in [-0.05, 0) is 41.7 Å². The van der Waals surface area contributed by atoms with Crippen molar-refractivity contribution in [3.05, 3.63) is 66.2 Å². The Labute approximate surface area is 218 Å². The van der Waals surface area contributed by atoms with E-state index in [0.717, 1.165) is 21.4 Å². The smallest absolute Gasteiger partial charge is 0.328 e. The lowest BCUT2D eigenvalue weighted by Crippen LogP contribution is -2.51. The van der Waals surface area contributed by atoms with Crippen LogP contribution in [0, 0.1) is 0 Å². The number of carboxylic acids is 1. The number of thioether (sulfide) groups is 1. The summed E-state index contributed by atoms with van der Waals surface area (Å²) in [5.74, 6) is -1.69. The number of nitrogens with one attached hydrogen (secondary N) is 2. The van der Waals surface area contributed by atoms with Crippen LogP contribution in [0.1, 0.15) is 24.6 Å². The zero-order valence-electron chi connectivity index (χ0n) is 20.6. The summed E-state index contributed by atoms with van der Waals surface area (Å²) in [6.45, 7) is 1.28. The fraction of sp³-hybridized carbons (Fsp3) is 0.346. The van der Waals surface area contributed by atoms with E-state index in [9.17, 15) is 24.3 Å². The Bertz CT molecular complexity index is 1310. The van der Waals surface area contributed by atoms with Crippen LogP contribution in [0.4, 0.5) is 4.79 Å². The molecule has 4 amide bonds. The van der Waals surface area contributed by atoms with E-state index in [1.165, 1.54) is 23.0 Å². The third-order valence-corrected chi connectivity index (χ3v) is 7.33. The van der Waals surface area contributed by atoms with Gasteiger partial charge in [0.05, 0.1) is 6.33 Å². The van der Waals surface area contributed by atoms with E-state index >= 15 is 0 Å². The zero-order valence-corrected chi connectivity index (χ0v) is 21.5. The molecular weight excluding hydrogens is 494 g/mol. The fourth-order valence-electron chi connectivity index (χ4n) is 4.67. The van der Waals surface area contributed by atoms with Crippen LogP contribution in [0.25, 0.3) is 10.8 Å². The van der Waals surface area contributed by atoms with Gasteiger partial charge in [0.2, 0.25) is 5.91 Å². The maximum Gasteiger partial charge on any atom is 0.328 e. The topological polar surface area (TPSA) is 136 Å². The Morgan fingerprint density at radius 1 is 1.19 bits per heavy atom. The van der Waals surface area contributed by atoms with Gasteiger partial charge >= 0.3 is 12.0 Å². The monoisotopic (exact) mass is 523 g/mol. The summed E-state index contributed by atoms with van der Waals surface area (Å²) in [6, 6.07) is 11.4. The number of urea groups is 1. The highest BCUT2D eigenvalue weighted by molar-refractivity contribution is 7.98. The fourth-order valence-corrected chi connectivity index (χ4v) is 5.14. The summed E-state index contributed by atoms with van der Waals surface area (Å²) in [5.41, 5.74) is -0.110. The number of H-pyrrole nitrogens is 1. The zero-order chi connectivity index (χ0) is 26.6. The number of carbonyl (C=O) groups excluding carboxylic acids is 3. The number of aliphatic carboxylic acids is 1. The van der Waals surface area contributed by atoms with Crippen LogP contribution in [0.5, 0.6) is 0 Å². The number of hydrogen-bond donors (Lipinski definition) is 3.